The van der Waals surface area contributed by atoms with Crippen LogP contribution in [0.2, 0.25) is 0 Å². The number of aromatic nitrogens is 1. The van der Waals surface area contributed by atoms with Crippen molar-refractivity contribution in [1.82, 2.24) is 4.98 Å². The molecule has 0 radical (unpaired) electrons. The molecule has 1 aromatic carbocycles. The largest absolute Gasteiger partial charge is 0.445 e. The van der Waals surface area contributed by atoms with Crippen LogP contribution in [0.15, 0.2) is 22.6 Å². The molecule has 19 heavy (non-hydrogen) atoms. The summed E-state index contributed by atoms with van der Waals surface area (Å²) in [5.41, 5.74) is 9.19. The van der Waals surface area contributed by atoms with Gasteiger partial charge in [-0.05, 0) is 24.6 Å². The SMILES string of the molecule is Cc1oc(CCN)nc1-c1ccc2c(c1)CC(=O)N2. The predicted octanol–water partition coefficient (Wildman–Crippen LogP) is 1.65. The third kappa shape index (κ3) is 2.13. The number of oxazole rings is 1. The Kier molecular flexibility index (Phi) is 2.83. The monoisotopic (exact) mass is 257 g/mol. The summed E-state index contributed by atoms with van der Waals surface area (Å²) in [6.45, 7) is 2.40. The van der Waals surface area contributed by atoms with E-state index in [2.05, 4.69) is 10.3 Å². The lowest BCUT2D eigenvalue weighted by molar-refractivity contribution is -0.115. The molecule has 3 N–H and O–H groups in total. The van der Waals surface area contributed by atoms with Crippen LogP contribution in [-0.4, -0.2) is 17.4 Å². The van der Waals surface area contributed by atoms with Gasteiger partial charge in [-0.2, -0.15) is 0 Å². The summed E-state index contributed by atoms with van der Waals surface area (Å²) in [6, 6.07) is 5.85. The molecular formula is C14H15N3O2. The smallest absolute Gasteiger partial charge is 0.228 e. The van der Waals surface area contributed by atoms with E-state index in [0.29, 0.717) is 25.3 Å². The van der Waals surface area contributed by atoms with Gasteiger partial charge in [0.25, 0.3) is 0 Å². The highest BCUT2D eigenvalue weighted by molar-refractivity contribution is 5.99. The highest BCUT2D eigenvalue weighted by atomic mass is 16.4. The van der Waals surface area contributed by atoms with E-state index in [1.54, 1.807) is 0 Å². The Labute approximate surface area is 110 Å². The van der Waals surface area contributed by atoms with Crippen LogP contribution in [0, 0.1) is 6.92 Å². The van der Waals surface area contributed by atoms with Gasteiger partial charge in [0.15, 0.2) is 5.89 Å². The Bertz CT molecular complexity index is 646. The van der Waals surface area contributed by atoms with Crippen LogP contribution in [0.3, 0.4) is 0 Å². The number of nitrogens with zero attached hydrogens (tertiary/aromatic N) is 1. The lowest BCUT2D eigenvalue weighted by Crippen LogP contribution is -2.03. The standard InChI is InChI=1S/C14H15N3O2/c1-8-14(17-13(19-8)4-5-15)9-2-3-11-10(6-9)7-12(18)16-11/h2-3,6H,4-5,7,15H2,1H3,(H,16,18). The molecular weight excluding hydrogens is 242 g/mol. The average Bonchev–Trinajstić information content (AvgIpc) is 2.90. The molecule has 5 nitrogen and oxygen atoms in total. The van der Waals surface area contributed by atoms with Crippen LogP contribution in [0.1, 0.15) is 17.2 Å². The van der Waals surface area contributed by atoms with E-state index < -0.39 is 0 Å². The summed E-state index contributed by atoms with van der Waals surface area (Å²) in [5, 5.41) is 2.82. The zero-order chi connectivity index (χ0) is 13.4. The van der Waals surface area contributed by atoms with Gasteiger partial charge in [-0.1, -0.05) is 6.07 Å². The second-order valence-corrected chi connectivity index (χ2v) is 4.65. The minimum atomic E-state index is 0.0350. The molecule has 1 aliphatic heterocycles. The molecule has 0 aliphatic carbocycles. The molecule has 3 rings (SSSR count). The maximum Gasteiger partial charge on any atom is 0.228 e. The maximum atomic E-state index is 11.3. The first kappa shape index (κ1) is 11.9. The van der Waals surface area contributed by atoms with Crippen LogP contribution in [0.25, 0.3) is 11.3 Å². The van der Waals surface area contributed by atoms with Crippen molar-refractivity contribution in [2.45, 2.75) is 19.8 Å². The Morgan fingerprint density at radius 2 is 2.32 bits per heavy atom. The number of nitrogens with one attached hydrogen (secondary N) is 1. The molecule has 0 bridgehead atoms. The Morgan fingerprint density at radius 1 is 1.47 bits per heavy atom. The fourth-order valence-electron chi connectivity index (χ4n) is 2.33. The summed E-state index contributed by atoms with van der Waals surface area (Å²) < 4.78 is 5.58. The molecule has 5 heteroatoms. The highest BCUT2D eigenvalue weighted by Crippen LogP contribution is 2.30. The van der Waals surface area contributed by atoms with Crippen molar-refractivity contribution < 1.29 is 9.21 Å². The van der Waals surface area contributed by atoms with Crippen molar-refractivity contribution in [3.05, 3.63) is 35.4 Å². The number of aryl methyl sites for hydroxylation is 1. The van der Waals surface area contributed by atoms with Crippen LogP contribution in [-0.2, 0) is 17.6 Å². The number of anilines is 1. The molecule has 1 amide bonds. The van der Waals surface area contributed by atoms with Gasteiger partial charge in [-0.3, -0.25) is 4.79 Å². The minimum Gasteiger partial charge on any atom is -0.445 e. The number of rotatable bonds is 3. The zero-order valence-electron chi connectivity index (χ0n) is 10.7. The van der Waals surface area contributed by atoms with E-state index in [4.69, 9.17) is 10.2 Å². The number of carbonyl (C=O) groups excluding carboxylic acids is 1. The van der Waals surface area contributed by atoms with Crippen molar-refractivity contribution in [1.29, 1.82) is 0 Å². The van der Waals surface area contributed by atoms with Crippen LogP contribution in [0.5, 0.6) is 0 Å². The number of carbonyl (C=O) groups is 1. The molecule has 0 saturated heterocycles. The van der Waals surface area contributed by atoms with Crippen molar-refractivity contribution in [3.63, 3.8) is 0 Å². The van der Waals surface area contributed by atoms with E-state index in [1.807, 2.05) is 25.1 Å². The Morgan fingerprint density at radius 3 is 3.11 bits per heavy atom. The van der Waals surface area contributed by atoms with Crippen molar-refractivity contribution in [2.24, 2.45) is 5.73 Å². The van der Waals surface area contributed by atoms with E-state index in [0.717, 1.165) is 28.3 Å². The molecule has 0 spiro atoms. The molecule has 0 fully saturated rings. The number of hydrogen-bond donors (Lipinski definition) is 2. The van der Waals surface area contributed by atoms with Crippen LogP contribution in [0.4, 0.5) is 5.69 Å². The first-order valence-electron chi connectivity index (χ1n) is 6.27. The van der Waals surface area contributed by atoms with E-state index >= 15 is 0 Å². The molecule has 0 atom stereocenters. The number of hydrogen-bond acceptors (Lipinski definition) is 4. The number of fused-ring (bicyclic) bond motifs is 1. The van der Waals surface area contributed by atoms with Gasteiger partial charge in [0, 0.05) is 24.2 Å². The third-order valence-electron chi connectivity index (χ3n) is 3.20. The molecule has 2 aromatic rings. The lowest BCUT2D eigenvalue weighted by Gasteiger charge is -2.01. The fraction of sp³-hybridized carbons (Fsp3) is 0.286. The van der Waals surface area contributed by atoms with Crippen molar-refractivity contribution in [3.8, 4) is 11.3 Å². The second-order valence-electron chi connectivity index (χ2n) is 4.65. The highest BCUT2D eigenvalue weighted by Gasteiger charge is 2.19. The maximum absolute atomic E-state index is 11.3. The summed E-state index contributed by atoms with van der Waals surface area (Å²) in [4.78, 5) is 15.8. The molecule has 98 valence electrons. The minimum absolute atomic E-state index is 0.0350. The van der Waals surface area contributed by atoms with Crippen molar-refractivity contribution in [2.75, 3.05) is 11.9 Å². The normalized spacial score (nSPS) is 13.5. The number of nitrogens with two attached hydrogens (primary N) is 1. The Balaban J connectivity index is 1.99. The van der Waals surface area contributed by atoms with Gasteiger partial charge in [0.1, 0.15) is 11.5 Å². The second kappa shape index (κ2) is 4.51. The van der Waals surface area contributed by atoms with Gasteiger partial charge in [-0.15, -0.1) is 0 Å². The fourth-order valence-corrected chi connectivity index (χ4v) is 2.33. The van der Waals surface area contributed by atoms with Crippen LogP contribution >= 0.6 is 0 Å². The summed E-state index contributed by atoms with van der Waals surface area (Å²) in [7, 11) is 0. The molecule has 0 unspecified atom stereocenters. The van der Waals surface area contributed by atoms with Gasteiger partial charge >= 0.3 is 0 Å². The van der Waals surface area contributed by atoms with Gasteiger partial charge in [-0.25, -0.2) is 4.98 Å². The summed E-state index contributed by atoms with van der Waals surface area (Å²) in [5.74, 6) is 1.47. The topological polar surface area (TPSA) is 81.2 Å². The van der Waals surface area contributed by atoms with E-state index in [-0.39, 0.29) is 5.91 Å². The van der Waals surface area contributed by atoms with E-state index in [9.17, 15) is 4.79 Å². The lowest BCUT2D eigenvalue weighted by atomic mass is 10.1. The quantitative estimate of drug-likeness (QED) is 0.876. The molecule has 0 saturated carbocycles. The third-order valence-corrected chi connectivity index (χ3v) is 3.20. The van der Waals surface area contributed by atoms with Gasteiger partial charge < -0.3 is 15.5 Å². The van der Waals surface area contributed by atoms with Gasteiger partial charge in [0.2, 0.25) is 5.91 Å². The molecule has 2 heterocycles. The predicted molar refractivity (Wildman–Crippen MR) is 71.8 cm³/mol. The van der Waals surface area contributed by atoms with Crippen molar-refractivity contribution >= 4 is 11.6 Å². The van der Waals surface area contributed by atoms with Gasteiger partial charge in [0.05, 0.1) is 6.42 Å². The Hall–Kier alpha value is -2.14. The zero-order valence-corrected chi connectivity index (χ0v) is 10.7. The van der Waals surface area contributed by atoms with Crippen LogP contribution < -0.4 is 11.1 Å². The average molecular weight is 257 g/mol. The summed E-state index contributed by atoms with van der Waals surface area (Å²) >= 11 is 0. The first-order chi connectivity index (χ1) is 9.17. The first-order valence-corrected chi connectivity index (χ1v) is 6.27. The molecule has 1 aromatic heterocycles. The number of amides is 1. The molecule has 1 aliphatic rings. The summed E-state index contributed by atoms with van der Waals surface area (Å²) in [6.07, 6.45) is 1.06. The van der Waals surface area contributed by atoms with E-state index in [1.165, 1.54) is 0 Å². The number of benzene rings is 1.